The van der Waals surface area contributed by atoms with Gasteiger partial charge in [-0.3, -0.25) is 4.99 Å². The second-order valence-corrected chi connectivity index (χ2v) is 4.80. The van der Waals surface area contributed by atoms with Crippen molar-refractivity contribution in [2.75, 3.05) is 19.6 Å². The Morgan fingerprint density at radius 2 is 1.94 bits per heavy atom. The van der Waals surface area contributed by atoms with Crippen molar-refractivity contribution in [3.8, 4) is 5.75 Å². The van der Waals surface area contributed by atoms with Crippen molar-refractivity contribution in [2.45, 2.75) is 32.6 Å². The first-order valence-corrected chi connectivity index (χ1v) is 6.90. The Morgan fingerprint density at radius 1 is 1.17 bits per heavy atom. The van der Waals surface area contributed by atoms with Gasteiger partial charge in [0.1, 0.15) is 11.6 Å². The molecule has 1 heterocycles. The second kappa shape index (κ2) is 6.43. The lowest BCUT2D eigenvalue weighted by Gasteiger charge is -2.20. The van der Waals surface area contributed by atoms with E-state index in [0.717, 1.165) is 31.0 Å². The Morgan fingerprint density at radius 3 is 2.67 bits per heavy atom. The molecule has 0 amide bonds. The lowest BCUT2D eigenvalue weighted by atomic mass is 10.1. The first-order valence-electron chi connectivity index (χ1n) is 6.90. The molecule has 0 aromatic heterocycles. The quantitative estimate of drug-likeness (QED) is 0.783. The summed E-state index contributed by atoms with van der Waals surface area (Å²) in [5, 5.41) is 9.31. The van der Waals surface area contributed by atoms with Crippen LogP contribution in [-0.4, -0.2) is 35.5 Å². The maximum atomic E-state index is 9.31. The van der Waals surface area contributed by atoms with Crippen molar-refractivity contribution in [1.82, 2.24) is 4.90 Å². The molecule has 3 nitrogen and oxygen atoms in total. The molecule has 0 saturated carbocycles. The summed E-state index contributed by atoms with van der Waals surface area (Å²) in [5.41, 5.74) is 1.11. The minimum absolute atomic E-state index is 0.312. The van der Waals surface area contributed by atoms with Crippen LogP contribution in [-0.2, 0) is 0 Å². The first kappa shape index (κ1) is 12.9. The van der Waals surface area contributed by atoms with Gasteiger partial charge >= 0.3 is 0 Å². The zero-order valence-electron chi connectivity index (χ0n) is 11.1. The van der Waals surface area contributed by atoms with Crippen LogP contribution in [0.5, 0.6) is 5.75 Å². The van der Waals surface area contributed by atoms with Gasteiger partial charge in [0.05, 0.1) is 6.54 Å². The Labute approximate surface area is 109 Å². The van der Waals surface area contributed by atoms with E-state index < -0.39 is 0 Å². The van der Waals surface area contributed by atoms with Gasteiger partial charge in [0.2, 0.25) is 0 Å². The van der Waals surface area contributed by atoms with E-state index in [4.69, 9.17) is 0 Å². The number of aliphatic imine (C=N–C) groups is 1. The van der Waals surface area contributed by atoms with Gasteiger partial charge in [-0.25, -0.2) is 0 Å². The third-order valence-electron chi connectivity index (χ3n) is 3.34. The fraction of sp³-hybridized carbons (Fsp3) is 0.533. The first-order chi connectivity index (χ1) is 8.81. The average molecular weight is 246 g/mol. The van der Waals surface area contributed by atoms with E-state index in [2.05, 4.69) is 16.8 Å². The second-order valence-electron chi connectivity index (χ2n) is 4.80. The molecule has 0 atom stereocenters. The van der Waals surface area contributed by atoms with Crippen molar-refractivity contribution >= 4 is 5.84 Å². The lowest BCUT2D eigenvalue weighted by Crippen LogP contribution is -2.29. The van der Waals surface area contributed by atoms with E-state index in [9.17, 15) is 5.11 Å². The Hall–Kier alpha value is -1.51. The molecular formula is C15H22N2O. The van der Waals surface area contributed by atoms with Gasteiger partial charge in [-0.1, -0.05) is 26.2 Å². The molecule has 0 saturated heterocycles. The Bertz CT molecular complexity index is 397. The number of aromatic hydroxyl groups is 1. The topological polar surface area (TPSA) is 35.8 Å². The highest BCUT2D eigenvalue weighted by Crippen LogP contribution is 2.16. The van der Waals surface area contributed by atoms with Crippen molar-refractivity contribution in [1.29, 1.82) is 0 Å². The van der Waals surface area contributed by atoms with Crippen LogP contribution < -0.4 is 0 Å². The smallest absolute Gasteiger partial charge is 0.131 e. The highest BCUT2D eigenvalue weighted by molar-refractivity contribution is 5.99. The maximum absolute atomic E-state index is 9.31. The summed E-state index contributed by atoms with van der Waals surface area (Å²) in [5.74, 6) is 1.40. The largest absolute Gasteiger partial charge is 0.508 e. The van der Waals surface area contributed by atoms with Gasteiger partial charge in [0.25, 0.3) is 0 Å². The summed E-state index contributed by atoms with van der Waals surface area (Å²) in [6.45, 7) is 5.26. The van der Waals surface area contributed by atoms with E-state index in [0.29, 0.717) is 5.75 Å². The number of hydrogen-bond acceptors (Lipinski definition) is 3. The van der Waals surface area contributed by atoms with Gasteiger partial charge in [-0.05, 0) is 30.7 Å². The standard InChI is InChI=1S/C15H22N2O/c1-2-3-4-5-11-17-12-10-16-15(17)13-6-8-14(18)9-7-13/h6-9,18H,2-5,10-12H2,1H3. The fourth-order valence-electron chi connectivity index (χ4n) is 2.31. The van der Waals surface area contributed by atoms with E-state index in [-0.39, 0.29) is 0 Å². The van der Waals surface area contributed by atoms with Crippen LogP contribution in [0.2, 0.25) is 0 Å². The van der Waals surface area contributed by atoms with Crippen molar-refractivity contribution in [2.24, 2.45) is 4.99 Å². The van der Waals surface area contributed by atoms with Crippen molar-refractivity contribution < 1.29 is 5.11 Å². The van der Waals surface area contributed by atoms with Gasteiger partial charge in [-0.2, -0.15) is 0 Å². The summed E-state index contributed by atoms with van der Waals surface area (Å²) >= 11 is 0. The predicted octanol–water partition coefficient (Wildman–Crippen LogP) is 3.03. The highest BCUT2D eigenvalue weighted by Gasteiger charge is 2.17. The van der Waals surface area contributed by atoms with Crippen LogP contribution in [0.3, 0.4) is 0 Å². The van der Waals surface area contributed by atoms with Crippen LogP contribution in [0.25, 0.3) is 0 Å². The van der Waals surface area contributed by atoms with Gasteiger partial charge in [0, 0.05) is 18.7 Å². The summed E-state index contributed by atoms with van der Waals surface area (Å²) in [7, 11) is 0. The van der Waals surface area contributed by atoms with Gasteiger partial charge < -0.3 is 10.0 Å². The molecule has 0 radical (unpaired) electrons. The molecule has 1 aromatic carbocycles. The zero-order chi connectivity index (χ0) is 12.8. The van der Waals surface area contributed by atoms with Gasteiger partial charge in [0.15, 0.2) is 0 Å². The van der Waals surface area contributed by atoms with Crippen molar-refractivity contribution in [3.05, 3.63) is 29.8 Å². The average Bonchev–Trinajstić information content (AvgIpc) is 2.84. The SMILES string of the molecule is CCCCCCN1CCN=C1c1ccc(O)cc1. The summed E-state index contributed by atoms with van der Waals surface area (Å²) in [6.07, 6.45) is 5.14. The van der Waals surface area contributed by atoms with E-state index in [1.165, 1.54) is 25.7 Å². The molecule has 1 aliphatic rings. The Balaban J connectivity index is 1.93. The predicted molar refractivity (Wildman–Crippen MR) is 75.2 cm³/mol. The Kier molecular flexibility index (Phi) is 4.62. The number of hydrogen-bond donors (Lipinski definition) is 1. The molecule has 3 heteroatoms. The molecule has 0 fully saturated rings. The number of phenolic OH excluding ortho intramolecular Hbond substituents is 1. The molecule has 0 unspecified atom stereocenters. The molecular weight excluding hydrogens is 224 g/mol. The minimum Gasteiger partial charge on any atom is -0.508 e. The molecule has 0 aliphatic carbocycles. The maximum Gasteiger partial charge on any atom is 0.131 e. The molecule has 1 aromatic rings. The number of benzene rings is 1. The van der Waals surface area contributed by atoms with Crippen LogP contribution in [0.4, 0.5) is 0 Å². The van der Waals surface area contributed by atoms with Gasteiger partial charge in [-0.15, -0.1) is 0 Å². The highest BCUT2D eigenvalue weighted by atomic mass is 16.3. The summed E-state index contributed by atoms with van der Waals surface area (Å²) in [4.78, 5) is 6.94. The number of amidine groups is 1. The van der Waals surface area contributed by atoms with Crippen LogP contribution in [0, 0.1) is 0 Å². The number of nitrogens with zero attached hydrogens (tertiary/aromatic N) is 2. The third-order valence-corrected chi connectivity index (χ3v) is 3.34. The lowest BCUT2D eigenvalue weighted by molar-refractivity contribution is 0.434. The molecule has 98 valence electrons. The molecule has 1 aliphatic heterocycles. The normalized spacial score (nSPS) is 14.9. The molecule has 1 N–H and O–H groups in total. The fourth-order valence-corrected chi connectivity index (χ4v) is 2.31. The van der Waals surface area contributed by atoms with Crippen LogP contribution in [0.1, 0.15) is 38.2 Å². The molecule has 18 heavy (non-hydrogen) atoms. The number of phenols is 1. The molecule has 2 rings (SSSR count). The number of unbranched alkanes of at least 4 members (excludes halogenated alkanes) is 3. The summed E-state index contributed by atoms with van der Waals surface area (Å²) < 4.78 is 0. The van der Waals surface area contributed by atoms with E-state index in [1.807, 2.05) is 12.1 Å². The third kappa shape index (κ3) is 3.25. The zero-order valence-corrected chi connectivity index (χ0v) is 11.1. The molecule has 0 bridgehead atoms. The monoisotopic (exact) mass is 246 g/mol. The van der Waals surface area contributed by atoms with Crippen LogP contribution >= 0.6 is 0 Å². The van der Waals surface area contributed by atoms with Crippen molar-refractivity contribution in [3.63, 3.8) is 0 Å². The number of rotatable bonds is 6. The summed E-state index contributed by atoms with van der Waals surface area (Å²) in [6, 6.07) is 7.34. The molecule has 0 spiro atoms. The minimum atomic E-state index is 0.312. The van der Waals surface area contributed by atoms with E-state index >= 15 is 0 Å². The van der Waals surface area contributed by atoms with Crippen LogP contribution in [0.15, 0.2) is 29.3 Å². The van der Waals surface area contributed by atoms with E-state index in [1.54, 1.807) is 12.1 Å².